The second kappa shape index (κ2) is 5.78. The number of rotatable bonds is 3. The monoisotopic (exact) mass is 322 g/mol. The van der Waals surface area contributed by atoms with Crippen LogP contribution in [0.25, 0.3) is 11.3 Å². The Kier molecular flexibility index (Phi) is 4.30. The van der Waals surface area contributed by atoms with Crippen LogP contribution in [0, 0.1) is 19.7 Å². The molecule has 0 aliphatic rings. The summed E-state index contributed by atoms with van der Waals surface area (Å²) in [4.78, 5) is 8.77. The quantitative estimate of drug-likeness (QED) is 0.771. The van der Waals surface area contributed by atoms with Gasteiger partial charge < -0.3 is 0 Å². The van der Waals surface area contributed by atoms with Gasteiger partial charge in [0, 0.05) is 12.0 Å². The minimum atomic E-state index is -0.231. The molecule has 0 fully saturated rings. The van der Waals surface area contributed by atoms with E-state index >= 15 is 0 Å². The average molecular weight is 323 g/mol. The first-order chi connectivity index (χ1) is 9.01. The highest BCUT2D eigenvalue weighted by atomic mass is 79.9. The Labute approximate surface area is 121 Å². The van der Waals surface area contributed by atoms with Gasteiger partial charge in [-0.1, -0.05) is 13.0 Å². The molecular formula is C15H16BrFN2. The maximum Gasteiger partial charge on any atom is 0.133 e. The molecule has 0 atom stereocenters. The van der Waals surface area contributed by atoms with E-state index in [4.69, 9.17) is 0 Å². The molecule has 0 amide bonds. The predicted octanol–water partition coefficient (Wildman–Crippen LogP) is 4.61. The van der Waals surface area contributed by atoms with Crippen molar-refractivity contribution in [2.75, 3.05) is 0 Å². The van der Waals surface area contributed by atoms with Crippen molar-refractivity contribution in [2.24, 2.45) is 0 Å². The molecule has 100 valence electrons. The standard InChI is InChI=1S/C15H16BrFN2/c1-4-5-14-18-12(8-13(16)19-14)15-10(3)6-9(2)7-11(15)17/h6-8H,4-5H2,1-3H3. The van der Waals surface area contributed by atoms with Gasteiger partial charge in [-0.3, -0.25) is 0 Å². The molecule has 0 unspecified atom stereocenters. The van der Waals surface area contributed by atoms with E-state index in [1.54, 1.807) is 6.07 Å². The van der Waals surface area contributed by atoms with Crippen molar-refractivity contribution in [2.45, 2.75) is 33.6 Å². The van der Waals surface area contributed by atoms with E-state index in [2.05, 4.69) is 32.8 Å². The Balaban J connectivity index is 2.58. The summed E-state index contributed by atoms with van der Waals surface area (Å²) in [6.07, 6.45) is 1.75. The Hall–Kier alpha value is -1.29. The van der Waals surface area contributed by atoms with Gasteiger partial charge in [0.05, 0.1) is 5.69 Å². The third-order valence-electron chi connectivity index (χ3n) is 2.90. The molecular weight excluding hydrogens is 307 g/mol. The Morgan fingerprint density at radius 3 is 2.53 bits per heavy atom. The molecule has 0 saturated carbocycles. The Bertz CT molecular complexity index is 588. The molecule has 0 aliphatic carbocycles. The van der Waals surface area contributed by atoms with Crippen LogP contribution in [0.3, 0.4) is 0 Å². The lowest BCUT2D eigenvalue weighted by Crippen LogP contribution is -2.00. The van der Waals surface area contributed by atoms with Crippen molar-refractivity contribution in [1.29, 1.82) is 0 Å². The number of nitrogens with zero attached hydrogens (tertiary/aromatic N) is 2. The minimum absolute atomic E-state index is 0.231. The third-order valence-corrected chi connectivity index (χ3v) is 3.31. The summed E-state index contributed by atoms with van der Waals surface area (Å²) >= 11 is 3.37. The van der Waals surface area contributed by atoms with Gasteiger partial charge in [-0.25, -0.2) is 14.4 Å². The number of benzene rings is 1. The Morgan fingerprint density at radius 1 is 1.16 bits per heavy atom. The van der Waals surface area contributed by atoms with E-state index in [-0.39, 0.29) is 5.82 Å². The maximum absolute atomic E-state index is 14.2. The van der Waals surface area contributed by atoms with Gasteiger partial charge in [-0.2, -0.15) is 0 Å². The molecule has 0 saturated heterocycles. The Morgan fingerprint density at radius 2 is 1.89 bits per heavy atom. The first-order valence-corrected chi connectivity index (χ1v) is 7.11. The summed E-state index contributed by atoms with van der Waals surface area (Å²) in [6.45, 7) is 5.86. The number of hydrogen-bond donors (Lipinski definition) is 0. The SMILES string of the molecule is CCCc1nc(Br)cc(-c2c(C)cc(C)cc2F)n1. The van der Waals surface area contributed by atoms with Gasteiger partial charge in [0.25, 0.3) is 0 Å². The van der Waals surface area contributed by atoms with Crippen molar-refractivity contribution >= 4 is 15.9 Å². The lowest BCUT2D eigenvalue weighted by atomic mass is 10.0. The van der Waals surface area contributed by atoms with Crippen LogP contribution in [0.4, 0.5) is 4.39 Å². The molecule has 19 heavy (non-hydrogen) atoms. The van der Waals surface area contributed by atoms with Crippen LogP contribution in [0.2, 0.25) is 0 Å². The molecule has 2 aromatic rings. The van der Waals surface area contributed by atoms with E-state index in [1.165, 1.54) is 6.07 Å². The van der Waals surface area contributed by atoms with Crippen LogP contribution >= 0.6 is 15.9 Å². The molecule has 0 N–H and O–H groups in total. The first kappa shape index (κ1) is 14.1. The van der Waals surface area contributed by atoms with Gasteiger partial charge in [0.15, 0.2) is 0 Å². The summed E-state index contributed by atoms with van der Waals surface area (Å²) in [7, 11) is 0. The molecule has 1 aromatic carbocycles. The molecule has 1 aromatic heterocycles. The van der Waals surface area contributed by atoms with Crippen LogP contribution in [0.5, 0.6) is 0 Å². The molecule has 1 heterocycles. The van der Waals surface area contributed by atoms with E-state index in [1.807, 2.05) is 19.9 Å². The summed E-state index contributed by atoms with van der Waals surface area (Å²) in [5, 5.41) is 0. The third kappa shape index (κ3) is 3.18. The number of hydrogen-bond acceptors (Lipinski definition) is 2. The summed E-state index contributed by atoms with van der Waals surface area (Å²) in [5.41, 5.74) is 3.01. The number of halogens is 2. The fraction of sp³-hybridized carbons (Fsp3) is 0.333. The molecule has 0 bridgehead atoms. The lowest BCUT2D eigenvalue weighted by molar-refractivity contribution is 0.628. The first-order valence-electron chi connectivity index (χ1n) is 6.32. The predicted molar refractivity (Wildman–Crippen MR) is 78.6 cm³/mol. The fourth-order valence-electron chi connectivity index (χ4n) is 2.17. The largest absolute Gasteiger partial charge is 0.233 e. The zero-order valence-corrected chi connectivity index (χ0v) is 12.9. The highest BCUT2D eigenvalue weighted by Gasteiger charge is 2.13. The fourth-order valence-corrected chi connectivity index (χ4v) is 2.59. The molecule has 0 spiro atoms. The lowest BCUT2D eigenvalue weighted by Gasteiger charge is -2.10. The van der Waals surface area contributed by atoms with Gasteiger partial charge >= 0.3 is 0 Å². The van der Waals surface area contributed by atoms with Gasteiger partial charge in [-0.15, -0.1) is 0 Å². The highest BCUT2D eigenvalue weighted by Crippen LogP contribution is 2.28. The minimum Gasteiger partial charge on any atom is -0.233 e. The van der Waals surface area contributed by atoms with Gasteiger partial charge in [0.1, 0.15) is 16.2 Å². The molecule has 0 radical (unpaired) electrons. The number of aromatic nitrogens is 2. The van der Waals surface area contributed by atoms with E-state index < -0.39 is 0 Å². The van der Waals surface area contributed by atoms with Crippen molar-refractivity contribution in [3.63, 3.8) is 0 Å². The zero-order valence-electron chi connectivity index (χ0n) is 11.3. The van der Waals surface area contributed by atoms with Crippen molar-refractivity contribution in [3.05, 3.63) is 45.6 Å². The summed E-state index contributed by atoms with van der Waals surface area (Å²) < 4.78 is 14.9. The average Bonchev–Trinajstić information content (AvgIpc) is 2.26. The number of aryl methyl sites for hydroxylation is 3. The highest BCUT2D eigenvalue weighted by molar-refractivity contribution is 9.10. The smallest absolute Gasteiger partial charge is 0.133 e. The second-order valence-corrected chi connectivity index (χ2v) is 5.49. The van der Waals surface area contributed by atoms with Crippen LogP contribution < -0.4 is 0 Å². The van der Waals surface area contributed by atoms with Crippen LogP contribution in [0.15, 0.2) is 22.8 Å². The van der Waals surface area contributed by atoms with E-state index in [0.717, 1.165) is 29.8 Å². The normalized spacial score (nSPS) is 10.8. The van der Waals surface area contributed by atoms with Crippen molar-refractivity contribution in [3.8, 4) is 11.3 Å². The summed E-state index contributed by atoms with van der Waals surface area (Å²) in [5.74, 6) is 0.511. The van der Waals surface area contributed by atoms with Gasteiger partial charge in [-0.05, 0) is 59.5 Å². The van der Waals surface area contributed by atoms with E-state index in [0.29, 0.717) is 15.9 Å². The molecule has 0 aliphatic heterocycles. The zero-order chi connectivity index (χ0) is 14.0. The van der Waals surface area contributed by atoms with Crippen LogP contribution in [-0.4, -0.2) is 9.97 Å². The summed E-state index contributed by atoms with van der Waals surface area (Å²) in [6, 6.07) is 5.27. The topological polar surface area (TPSA) is 25.8 Å². The molecule has 2 nitrogen and oxygen atoms in total. The van der Waals surface area contributed by atoms with E-state index in [9.17, 15) is 4.39 Å². The molecule has 4 heteroatoms. The van der Waals surface area contributed by atoms with Crippen molar-refractivity contribution < 1.29 is 4.39 Å². The van der Waals surface area contributed by atoms with Crippen LogP contribution in [0.1, 0.15) is 30.3 Å². The van der Waals surface area contributed by atoms with Crippen molar-refractivity contribution in [1.82, 2.24) is 9.97 Å². The van der Waals surface area contributed by atoms with Crippen LogP contribution in [-0.2, 0) is 6.42 Å². The maximum atomic E-state index is 14.2. The van der Waals surface area contributed by atoms with Gasteiger partial charge in [0.2, 0.25) is 0 Å². The molecule has 2 rings (SSSR count). The second-order valence-electron chi connectivity index (χ2n) is 4.68.